The molecule has 0 saturated heterocycles. The monoisotopic (exact) mass is 430 g/mol. The van der Waals surface area contributed by atoms with Crippen LogP contribution in [0, 0.1) is 13.8 Å². The van der Waals surface area contributed by atoms with Gasteiger partial charge in [-0.05, 0) is 32.4 Å². The molecule has 9 heteroatoms. The van der Waals surface area contributed by atoms with E-state index in [0.29, 0.717) is 13.0 Å². The molecule has 0 amide bonds. The van der Waals surface area contributed by atoms with Crippen molar-refractivity contribution in [2.45, 2.75) is 46.1 Å². The largest absolute Gasteiger partial charge is 0.359 e. The first kappa shape index (κ1) is 23.6. The van der Waals surface area contributed by atoms with Gasteiger partial charge in [0.25, 0.3) is 0 Å². The first-order valence-electron chi connectivity index (χ1n) is 8.75. The average Bonchev–Trinajstić information content (AvgIpc) is 3.11. The van der Waals surface area contributed by atoms with E-state index in [0.717, 1.165) is 40.5 Å². The summed E-state index contributed by atoms with van der Waals surface area (Å²) in [6.45, 7) is 7.01. The summed E-state index contributed by atoms with van der Waals surface area (Å²) in [5, 5.41) is 4.77. The van der Waals surface area contributed by atoms with Gasteiger partial charge < -0.3 is 15.6 Å². The van der Waals surface area contributed by atoms with E-state index in [1.165, 1.54) is 10.4 Å². The Hall–Kier alpha value is -1.41. The Kier molecular flexibility index (Phi) is 8.94. The Bertz CT molecular complexity index is 876. The van der Waals surface area contributed by atoms with Crippen molar-refractivity contribution in [2.24, 2.45) is 12.8 Å². The normalized spacial score (nSPS) is 11.7. The Morgan fingerprint density at radius 1 is 1.26 bits per heavy atom. The summed E-state index contributed by atoms with van der Waals surface area (Å²) >= 11 is 1.72. The van der Waals surface area contributed by atoms with Gasteiger partial charge in [0, 0.05) is 30.7 Å². The van der Waals surface area contributed by atoms with Crippen molar-refractivity contribution in [2.75, 3.05) is 11.9 Å². The van der Waals surface area contributed by atoms with Crippen LogP contribution in [-0.4, -0.2) is 26.1 Å². The molecule has 0 aliphatic carbocycles. The van der Waals surface area contributed by atoms with Gasteiger partial charge in [0.05, 0.1) is 11.4 Å². The van der Waals surface area contributed by atoms with Crippen LogP contribution in [0.4, 0.5) is 5.82 Å². The molecule has 0 spiro atoms. The topological polar surface area (TPSA) is 81.7 Å². The lowest BCUT2D eigenvalue weighted by Gasteiger charge is -2.19. The zero-order valence-electron chi connectivity index (χ0n) is 16.2. The fourth-order valence-electron chi connectivity index (χ4n) is 3.07. The second-order valence-corrected chi connectivity index (χ2v) is 7.58. The van der Waals surface area contributed by atoms with E-state index < -0.39 is 0 Å². The number of hydrogen-bond acceptors (Lipinski definition) is 6. The van der Waals surface area contributed by atoms with Crippen LogP contribution in [0.5, 0.6) is 0 Å². The van der Waals surface area contributed by atoms with Crippen LogP contribution in [0.3, 0.4) is 0 Å². The highest BCUT2D eigenvalue weighted by Crippen LogP contribution is 2.35. The predicted molar refractivity (Wildman–Crippen MR) is 119 cm³/mol. The fraction of sp³-hybridized carbons (Fsp3) is 0.500. The van der Waals surface area contributed by atoms with Gasteiger partial charge in [0.2, 0.25) is 0 Å². The van der Waals surface area contributed by atoms with Crippen molar-refractivity contribution < 1.29 is 0 Å². The number of nitrogens with zero attached hydrogens (tertiary/aromatic N) is 4. The van der Waals surface area contributed by atoms with E-state index >= 15 is 0 Å². The van der Waals surface area contributed by atoms with Crippen LogP contribution >= 0.6 is 36.2 Å². The van der Waals surface area contributed by atoms with Crippen LogP contribution < -0.4 is 11.1 Å². The maximum atomic E-state index is 5.73. The Balaban J connectivity index is 0.00000182. The molecule has 3 N–H and O–H groups in total. The molecule has 1 atom stereocenters. The van der Waals surface area contributed by atoms with Gasteiger partial charge in [-0.3, -0.25) is 0 Å². The third-order valence-corrected chi connectivity index (χ3v) is 5.60. The lowest BCUT2D eigenvalue weighted by atomic mass is 10.1. The summed E-state index contributed by atoms with van der Waals surface area (Å²) in [6.07, 6.45) is 6.56. The zero-order chi connectivity index (χ0) is 18.0. The highest BCUT2D eigenvalue weighted by Gasteiger charge is 2.20. The quantitative estimate of drug-likeness (QED) is 0.582. The second kappa shape index (κ2) is 10.2. The molecule has 0 aromatic carbocycles. The molecule has 0 radical (unpaired) electrons. The molecular weight excluding hydrogens is 403 g/mol. The summed E-state index contributed by atoms with van der Waals surface area (Å²) < 4.78 is 2.07. The number of imidazole rings is 1. The van der Waals surface area contributed by atoms with Gasteiger partial charge in [0.1, 0.15) is 22.3 Å². The third-order valence-electron chi connectivity index (χ3n) is 4.50. The first-order valence-corrected chi connectivity index (χ1v) is 9.57. The van der Waals surface area contributed by atoms with Crippen LogP contribution in [-0.2, 0) is 13.5 Å². The van der Waals surface area contributed by atoms with Crippen LogP contribution in [0.25, 0.3) is 10.2 Å². The molecule has 0 bridgehead atoms. The van der Waals surface area contributed by atoms with Gasteiger partial charge in [-0.2, -0.15) is 0 Å². The molecule has 3 aromatic rings. The minimum Gasteiger partial charge on any atom is -0.359 e. The molecule has 1 unspecified atom stereocenters. The summed E-state index contributed by atoms with van der Waals surface area (Å²) in [5.41, 5.74) is 6.97. The second-order valence-electron chi connectivity index (χ2n) is 6.37. The Labute approximate surface area is 176 Å². The number of thiophene rings is 1. The van der Waals surface area contributed by atoms with Crippen LogP contribution in [0.2, 0.25) is 0 Å². The maximum absolute atomic E-state index is 5.73. The van der Waals surface area contributed by atoms with Crippen LogP contribution in [0.15, 0.2) is 12.4 Å². The van der Waals surface area contributed by atoms with Gasteiger partial charge >= 0.3 is 0 Å². The van der Waals surface area contributed by atoms with E-state index in [9.17, 15) is 0 Å². The minimum atomic E-state index is 0. The molecule has 150 valence electrons. The van der Waals surface area contributed by atoms with E-state index in [1.54, 1.807) is 11.3 Å². The molecule has 3 aromatic heterocycles. The standard InChI is InChI=1S/C18H26N6S.2ClH/c1-5-6-13(17-20-9-10-24(17)4)21-16-15-11(2)12(3)25-18(15)23-14(22-16)7-8-19;;/h9-10,13H,5-8,19H2,1-4H3,(H,21,22,23);2*1H. The number of nitrogens with one attached hydrogen (secondary N) is 1. The molecule has 27 heavy (non-hydrogen) atoms. The van der Waals surface area contributed by atoms with Crippen molar-refractivity contribution in [3.63, 3.8) is 0 Å². The summed E-state index contributed by atoms with van der Waals surface area (Å²) in [4.78, 5) is 16.4. The highest BCUT2D eigenvalue weighted by atomic mass is 35.5. The number of halogens is 2. The number of rotatable bonds is 7. The number of anilines is 1. The zero-order valence-corrected chi connectivity index (χ0v) is 18.6. The van der Waals surface area contributed by atoms with E-state index in [2.05, 4.69) is 35.6 Å². The number of hydrogen-bond donors (Lipinski definition) is 2. The Morgan fingerprint density at radius 3 is 2.59 bits per heavy atom. The molecule has 3 heterocycles. The molecule has 0 fully saturated rings. The molecule has 0 aliphatic heterocycles. The summed E-state index contributed by atoms with van der Waals surface area (Å²) in [7, 11) is 2.03. The Morgan fingerprint density at radius 2 is 2.00 bits per heavy atom. The molecular formula is C18H28Cl2N6S. The van der Waals surface area contributed by atoms with Crippen molar-refractivity contribution in [3.05, 3.63) is 34.5 Å². The van der Waals surface area contributed by atoms with Gasteiger partial charge in [-0.1, -0.05) is 13.3 Å². The fourth-order valence-corrected chi connectivity index (χ4v) is 4.12. The highest BCUT2D eigenvalue weighted by molar-refractivity contribution is 7.18. The van der Waals surface area contributed by atoms with Crippen molar-refractivity contribution >= 4 is 52.2 Å². The van der Waals surface area contributed by atoms with Gasteiger partial charge in [0.15, 0.2) is 0 Å². The van der Waals surface area contributed by atoms with E-state index in [-0.39, 0.29) is 30.9 Å². The smallest absolute Gasteiger partial charge is 0.139 e. The summed E-state index contributed by atoms with van der Waals surface area (Å²) in [6, 6.07) is 0.119. The van der Waals surface area contributed by atoms with Crippen molar-refractivity contribution in [1.82, 2.24) is 19.5 Å². The first-order chi connectivity index (χ1) is 12.0. The maximum Gasteiger partial charge on any atom is 0.139 e. The SMILES string of the molecule is CCCC(Nc1nc(CCN)nc2sc(C)c(C)c12)c1nccn1C.Cl.Cl. The van der Waals surface area contributed by atoms with Gasteiger partial charge in [-0.15, -0.1) is 36.2 Å². The van der Waals surface area contributed by atoms with Crippen molar-refractivity contribution in [1.29, 1.82) is 0 Å². The summed E-state index contributed by atoms with van der Waals surface area (Å²) in [5.74, 6) is 2.73. The lowest BCUT2D eigenvalue weighted by molar-refractivity contribution is 0.611. The molecule has 0 aliphatic rings. The predicted octanol–water partition coefficient (Wildman–Crippen LogP) is 4.34. The number of nitrogens with two attached hydrogens (primary N) is 1. The molecule has 0 saturated carbocycles. The van der Waals surface area contributed by atoms with Crippen LogP contribution in [0.1, 0.15) is 47.9 Å². The minimum absolute atomic E-state index is 0. The number of fused-ring (bicyclic) bond motifs is 1. The number of aromatic nitrogens is 4. The van der Waals surface area contributed by atoms with Crippen molar-refractivity contribution in [3.8, 4) is 0 Å². The number of aryl methyl sites for hydroxylation is 3. The third kappa shape index (κ3) is 4.90. The molecule has 3 rings (SSSR count). The lowest BCUT2D eigenvalue weighted by Crippen LogP contribution is -2.17. The molecule has 6 nitrogen and oxygen atoms in total. The van der Waals surface area contributed by atoms with E-state index in [1.807, 2.05) is 19.4 Å². The van der Waals surface area contributed by atoms with E-state index in [4.69, 9.17) is 15.7 Å². The average molecular weight is 431 g/mol. The van der Waals surface area contributed by atoms with Gasteiger partial charge in [-0.25, -0.2) is 15.0 Å².